The third-order valence-electron chi connectivity index (χ3n) is 4.51. The van der Waals surface area contributed by atoms with E-state index in [2.05, 4.69) is 25.2 Å². The van der Waals surface area contributed by atoms with Gasteiger partial charge in [0.15, 0.2) is 11.6 Å². The number of hydrogen-bond acceptors (Lipinski definition) is 7. The fourth-order valence-corrected chi connectivity index (χ4v) is 3.09. The molecule has 0 unspecified atom stereocenters. The average molecular weight is 368 g/mol. The Morgan fingerprint density at radius 3 is 2.48 bits per heavy atom. The molecule has 1 amide bonds. The van der Waals surface area contributed by atoms with Crippen LogP contribution in [0.25, 0.3) is 5.82 Å². The van der Waals surface area contributed by atoms with Crippen LogP contribution in [0.1, 0.15) is 10.4 Å². The predicted molar refractivity (Wildman–Crippen MR) is 97.0 cm³/mol. The molecule has 0 N–H and O–H groups in total. The Morgan fingerprint density at radius 1 is 1.11 bits per heavy atom. The van der Waals surface area contributed by atoms with Crippen molar-refractivity contribution in [2.75, 3.05) is 38.2 Å². The van der Waals surface area contributed by atoms with Crippen LogP contribution in [0, 0.1) is 0 Å². The van der Waals surface area contributed by atoms with Crippen molar-refractivity contribution in [3.8, 4) is 11.7 Å². The van der Waals surface area contributed by atoms with Crippen molar-refractivity contribution >= 4 is 11.7 Å². The topological polar surface area (TPSA) is 94.2 Å². The van der Waals surface area contributed by atoms with Crippen molar-refractivity contribution in [2.45, 2.75) is 0 Å². The van der Waals surface area contributed by atoms with E-state index in [0.717, 1.165) is 5.82 Å². The molecule has 0 aromatic carbocycles. The second-order valence-electron chi connectivity index (χ2n) is 6.22. The van der Waals surface area contributed by atoms with Crippen molar-refractivity contribution in [2.24, 2.45) is 7.05 Å². The van der Waals surface area contributed by atoms with Crippen molar-refractivity contribution in [3.63, 3.8) is 0 Å². The summed E-state index contributed by atoms with van der Waals surface area (Å²) in [5.74, 6) is 1.80. The van der Waals surface area contributed by atoms with Gasteiger partial charge in [-0.15, -0.1) is 15.3 Å². The highest BCUT2D eigenvalue weighted by Crippen LogP contribution is 2.20. The van der Waals surface area contributed by atoms with Crippen molar-refractivity contribution < 1.29 is 9.53 Å². The van der Waals surface area contributed by atoms with Gasteiger partial charge in [0.2, 0.25) is 5.88 Å². The van der Waals surface area contributed by atoms with Crippen LogP contribution in [0.4, 0.5) is 5.82 Å². The van der Waals surface area contributed by atoms with E-state index in [1.807, 2.05) is 23.2 Å². The summed E-state index contributed by atoms with van der Waals surface area (Å²) in [6, 6.07) is 3.84. The summed E-state index contributed by atoms with van der Waals surface area (Å²) in [7, 11) is 3.28. The number of amides is 1. The Morgan fingerprint density at radius 2 is 1.85 bits per heavy atom. The lowest BCUT2D eigenvalue weighted by atomic mass is 10.2. The standard InChI is InChI=1S/C17H20N8O2/c1-22-11-13(16(21-22)27-2)17(26)24-9-7-23(8-10-24)14-3-4-15(20-19-14)25-6-5-18-12-25/h3-6,11-12H,7-10H2,1-2H3. The van der Waals surface area contributed by atoms with E-state index in [-0.39, 0.29) is 5.91 Å². The predicted octanol–water partition coefficient (Wildman–Crippen LogP) is 0.367. The number of imidazole rings is 1. The fraction of sp³-hybridized carbons (Fsp3) is 0.353. The second-order valence-corrected chi connectivity index (χ2v) is 6.22. The number of anilines is 1. The number of carbonyl (C=O) groups excluding carboxylic acids is 1. The summed E-state index contributed by atoms with van der Waals surface area (Å²) < 4.78 is 8.58. The third kappa shape index (κ3) is 3.33. The van der Waals surface area contributed by atoms with E-state index in [0.29, 0.717) is 43.4 Å². The van der Waals surface area contributed by atoms with Gasteiger partial charge in [-0.05, 0) is 12.1 Å². The highest BCUT2D eigenvalue weighted by Gasteiger charge is 2.26. The maximum Gasteiger partial charge on any atom is 0.261 e. The molecule has 10 heteroatoms. The summed E-state index contributed by atoms with van der Waals surface area (Å²) in [5.41, 5.74) is 0.484. The number of aromatic nitrogens is 6. The van der Waals surface area contributed by atoms with Crippen molar-refractivity contribution in [1.29, 1.82) is 0 Å². The highest BCUT2D eigenvalue weighted by atomic mass is 16.5. The summed E-state index contributed by atoms with van der Waals surface area (Å²) in [5, 5.41) is 12.7. The lowest BCUT2D eigenvalue weighted by Crippen LogP contribution is -2.49. The number of hydrogen-bond donors (Lipinski definition) is 0. The summed E-state index contributed by atoms with van der Waals surface area (Å²) in [6.07, 6.45) is 6.89. The maximum absolute atomic E-state index is 12.7. The van der Waals surface area contributed by atoms with E-state index in [4.69, 9.17) is 4.74 Å². The number of nitrogens with zero attached hydrogens (tertiary/aromatic N) is 8. The summed E-state index contributed by atoms with van der Waals surface area (Å²) >= 11 is 0. The zero-order valence-corrected chi connectivity index (χ0v) is 15.2. The van der Waals surface area contributed by atoms with Gasteiger partial charge < -0.3 is 14.5 Å². The molecule has 0 spiro atoms. The normalized spacial score (nSPS) is 14.4. The van der Waals surface area contributed by atoms with Crippen LogP contribution >= 0.6 is 0 Å². The highest BCUT2D eigenvalue weighted by molar-refractivity contribution is 5.96. The van der Waals surface area contributed by atoms with Gasteiger partial charge >= 0.3 is 0 Å². The zero-order valence-electron chi connectivity index (χ0n) is 15.2. The Bertz CT molecular complexity index is 911. The molecule has 4 heterocycles. The molecule has 1 fully saturated rings. The molecule has 1 aliphatic rings. The zero-order chi connectivity index (χ0) is 18.8. The summed E-state index contributed by atoms with van der Waals surface area (Å²) in [4.78, 5) is 20.7. The van der Waals surface area contributed by atoms with Gasteiger partial charge in [0.05, 0.1) is 7.11 Å². The quantitative estimate of drug-likeness (QED) is 0.656. The van der Waals surface area contributed by atoms with E-state index in [9.17, 15) is 4.79 Å². The minimum Gasteiger partial charge on any atom is -0.479 e. The molecule has 27 heavy (non-hydrogen) atoms. The van der Waals surface area contributed by atoms with Gasteiger partial charge in [-0.1, -0.05) is 0 Å². The van der Waals surface area contributed by atoms with Crippen LogP contribution in [0.15, 0.2) is 37.1 Å². The first-order chi connectivity index (χ1) is 13.2. The van der Waals surface area contributed by atoms with Crippen molar-refractivity contribution in [3.05, 3.63) is 42.6 Å². The monoisotopic (exact) mass is 368 g/mol. The van der Waals surface area contributed by atoms with Gasteiger partial charge in [-0.2, -0.15) is 0 Å². The maximum atomic E-state index is 12.7. The van der Waals surface area contributed by atoms with Crippen LogP contribution in [-0.2, 0) is 7.05 Å². The van der Waals surface area contributed by atoms with Crippen LogP contribution in [0.2, 0.25) is 0 Å². The second kappa shape index (κ2) is 7.06. The first-order valence-electron chi connectivity index (χ1n) is 8.59. The SMILES string of the molecule is COc1nn(C)cc1C(=O)N1CCN(c2ccc(-n3ccnc3)nn2)CC1. The third-order valence-corrected chi connectivity index (χ3v) is 4.51. The molecular formula is C17H20N8O2. The molecule has 4 rings (SSSR count). The average Bonchev–Trinajstić information content (AvgIpc) is 3.37. The van der Waals surface area contributed by atoms with Gasteiger partial charge in [-0.3, -0.25) is 14.0 Å². The largest absolute Gasteiger partial charge is 0.479 e. The lowest BCUT2D eigenvalue weighted by molar-refractivity contribution is 0.0743. The number of ether oxygens (including phenoxy) is 1. The van der Waals surface area contributed by atoms with Gasteiger partial charge in [0, 0.05) is 51.8 Å². The molecule has 1 saturated heterocycles. The molecule has 140 valence electrons. The summed E-state index contributed by atoms with van der Waals surface area (Å²) in [6.45, 7) is 2.57. The number of carbonyl (C=O) groups is 1. The van der Waals surface area contributed by atoms with Crippen LogP contribution < -0.4 is 9.64 Å². The smallest absolute Gasteiger partial charge is 0.261 e. The number of methoxy groups -OCH3 is 1. The molecule has 10 nitrogen and oxygen atoms in total. The van der Waals surface area contributed by atoms with E-state index in [1.54, 1.807) is 35.0 Å². The van der Waals surface area contributed by atoms with E-state index in [1.165, 1.54) is 7.11 Å². The Balaban J connectivity index is 1.40. The number of aryl methyl sites for hydroxylation is 1. The molecule has 0 aliphatic carbocycles. The van der Waals surface area contributed by atoms with Crippen LogP contribution in [0.3, 0.4) is 0 Å². The molecule has 3 aromatic rings. The van der Waals surface area contributed by atoms with Gasteiger partial charge in [0.1, 0.15) is 11.9 Å². The lowest BCUT2D eigenvalue weighted by Gasteiger charge is -2.35. The Hall–Kier alpha value is -3.43. The molecule has 0 saturated carbocycles. The Labute approximate surface area is 156 Å². The molecule has 1 aliphatic heterocycles. The van der Waals surface area contributed by atoms with E-state index < -0.39 is 0 Å². The Kier molecular flexibility index (Phi) is 4.45. The molecule has 0 radical (unpaired) electrons. The molecule has 0 atom stereocenters. The molecular weight excluding hydrogens is 348 g/mol. The van der Waals surface area contributed by atoms with Gasteiger partial charge in [0.25, 0.3) is 5.91 Å². The number of piperazine rings is 1. The fourth-order valence-electron chi connectivity index (χ4n) is 3.09. The molecule has 3 aromatic heterocycles. The first-order valence-corrected chi connectivity index (χ1v) is 8.59. The van der Waals surface area contributed by atoms with Crippen LogP contribution in [-0.4, -0.2) is 73.6 Å². The first kappa shape index (κ1) is 17.0. The number of rotatable bonds is 4. The molecule has 0 bridgehead atoms. The van der Waals surface area contributed by atoms with E-state index >= 15 is 0 Å². The minimum atomic E-state index is -0.0684. The van der Waals surface area contributed by atoms with Crippen LogP contribution in [0.5, 0.6) is 5.88 Å². The van der Waals surface area contributed by atoms with Crippen molar-refractivity contribution in [1.82, 2.24) is 34.4 Å². The minimum absolute atomic E-state index is 0.0684. The van der Waals surface area contributed by atoms with Gasteiger partial charge in [-0.25, -0.2) is 4.98 Å².